The molecule has 0 radical (unpaired) electrons. The van der Waals surface area contributed by atoms with E-state index in [1.807, 2.05) is 80.5 Å². The zero-order chi connectivity index (χ0) is 27.5. The molecule has 1 amide bonds. The fourth-order valence-electron chi connectivity index (χ4n) is 3.84. The molecule has 1 saturated carbocycles. The van der Waals surface area contributed by atoms with Crippen LogP contribution < -0.4 is 11.1 Å². The molecule has 2 aromatic rings. The number of phenolic OH excluding ortho intramolecular Hbond substituents is 1. The summed E-state index contributed by atoms with van der Waals surface area (Å²) in [6.07, 6.45) is 6.36. The molecule has 5 rings (SSSR count). The van der Waals surface area contributed by atoms with E-state index in [0.717, 1.165) is 46.7 Å². The van der Waals surface area contributed by atoms with Crippen molar-refractivity contribution < 1.29 is 9.90 Å². The SMILES string of the molecule is CC.CC.CC.CC(C)=C1C(=O)Nc2cc(O)c(-c3ccc(C4(CN)CC4)s3)cc21.CC1=NCC=C1. The fraction of sp³-hybridized carbons (Fsp3) is 0.467. The number of fused-ring (bicyclic) bond motifs is 1. The van der Waals surface area contributed by atoms with E-state index in [-0.39, 0.29) is 17.1 Å². The average Bonchev–Trinajstić information content (AvgIpc) is 3.19. The third-order valence-electron chi connectivity index (χ3n) is 5.82. The van der Waals surface area contributed by atoms with Crippen molar-refractivity contribution in [2.75, 3.05) is 18.4 Å². The van der Waals surface area contributed by atoms with Gasteiger partial charge in [-0.3, -0.25) is 9.79 Å². The molecule has 1 aromatic carbocycles. The van der Waals surface area contributed by atoms with Gasteiger partial charge in [0.2, 0.25) is 0 Å². The smallest absolute Gasteiger partial charge is 0.256 e. The van der Waals surface area contributed by atoms with Gasteiger partial charge in [0, 0.05) is 50.2 Å². The molecule has 3 aliphatic rings. The van der Waals surface area contributed by atoms with Gasteiger partial charge >= 0.3 is 0 Å². The van der Waals surface area contributed by atoms with Gasteiger partial charge in [-0.25, -0.2) is 0 Å². The number of hydrogen-bond donors (Lipinski definition) is 3. The molecular formula is C30H45N3O2S. The highest BCUT2D eigenvalue weighted by molar-refractivity contribution is 7.15. The summed E-state index contributed by atoms with van der Waals surface area (Å²) < 4.78 is 0. The van der Waals surface area contributed by atoms with E-state index >= 15 is 0 Å². The van der Waals surface area contributed by atoms with Crippen LogP contribution in [0.4, 0.5) is 5.69 Å². The highest BCUT2D eigenvalue weighted by Gasteiger charge is 2.44. The molecule has 0 bridgehead atoms. The van der Waals surface area contributed by atoms with E-state index in [4.69, 9.17) is 5.73 Å². The summed E-state index contributed by atoms with van der Waals surface area (Å²) in [5.41, 5.74) is 11.2. The number of benzene rings is 1. The number of hydrogen-bond acceptors (Lipinski definition) is 5. The second-order valence-corrected chi connectivity index (χ2v) is 9.36. The number of phenols is 1. The minimum Gasteiger partial charge on any atom is -0.507 e. The minimum absolute atomic E-state index is 0.103. The molecule has 0 saturated heterocycles. The number of allylic oxidation sites excluding steroid dienone is 2. The summed E-state index contributed by atoms with van der Waals surface area (Å²) in [6, 6.07) is 7.73. The van der Waals surface area contributed by atoms with Crippen molar-refractivity contribution in [1.82, 2.24) is 0 Å². The van der Waals surface area contributed by atoms with Gasteiger partial charge in [-0.2, -0.15) is 0 Å². The molecule has 5 nitrogen and oxygen atoms in total. The summed E-state index contributed by atoms with van der Waals surface area (Å²) in [5, 5.41) is 13.3. The molecule has 1 aromatic heterocycles. The Labute approximate surface area is 222 Å². The maximum Gasteiger partial charge on any atom is 0.256 e. The number of thiophene rings is 1. The number of anilines is 1. The number of nitrogens with one attached hydrogen (secondary N) is 1. The monoisotopic (exact) mass is 511 g/mol. The number of nitrogens with zero attached hydrogens (tertiary/aromatic N) is 1. The van der Waals surface area contributed by atoms with Gasteiger partial charge < -0.3 is 16.2 Å². The molecule has 1 fully saturated rings. The number of amides is 1. The third-order valence-corrected chi connectivity index (χ3v) is 7.19. The summed E-state index contributed by atoms with van der Waals surface area (Å²) in [4.78, 5) is 18.5. The van der Waals surface area contributed by atoms with Gasteiger partial charge in [0.25, 0.3) is 5.91 Å². The van der Waals surface area contributed by atoms with Crippen LogP contribution in [-0.2, 0) is 10.2 Å². The first kappa shape index (κ1) is 31.3. The Morgan fingerprint density at radius 2 is 1.72 bits per heavy atom. The predicted octanol–water partition coefficient (Wildman–Crippen LogP) is 7.95. The van der Waals surface area contributed by atoms with Crippen LogP contribution in [0.3, 0.4) is 0 Å². The van der Waals surface area contributed by atoms with E-state index in [9.17, 15) is 9.90 Å². The molecule has 0 unspecified atom stereocenters. The van der Waals surface area contributed by atoms with Crippen LogP contribution in [0.25, 0.3) is 16.0 Å². The van der Waals surface area contributed by atoms with Crippen molar-refractivity contribution in [2.24, 2.45) is 10.7 Å². The predicted molar refractivity (Wildman–Crippen MR) is 159 cm³/mol. The molecule has 3 heterocycles. The lowest BCUT2D eigenvalue weighted by Crippen LogP contribution is -2.18. The lowest BCUT2D eigenvalue weighted by molar-refractivity contribution is -0.110. The van der Waals surface area contributed by atoms with E-state index in [1.165, 1.54) is 4.88 Å². The second-order valence-electron chi connectivity index (χ2n) is 8.28. The number of nitrogens with two attached hydrogens (primary N) is 1. The molecule has 0 atom stereocenters. The topological polar surface area (TPSA) is 87.7 Å². The van der Waals surface area contributed by atoms with Crippen molar-refractivity contribution in [3.05, 3.63) is 52.4 Å². The first-order chi connectivity index (χ1) is 17.3. The lowest BCUT2D eigenvalue weighted by Gasteiger charge is -2.09. The molecular weight excluding hydrogens is 466 g/mol. The minimum atomic E-state index is -0.103. The highest BCUT2D eigenvalue weighted by Crippen LogP contribution is 2.52. The van der Waals surface area contributed by atoms with Crippen molar-refractivity contribution in [1.29, 1.82) is 0 Å². The Kier molecular flexibility index (Phi) is 12.8. The maximum atomic E-state index is 12.2. The Morgan fingerprint density at radius 1 is 1.08 bits per heavy atom. The number of rotatable bonds is 3. The number of aliphatic imine (C=N–C) groups is 1. The van der Waals surface area contributed by atoms with E-state index in [1.54, 1.807) is 17.4 Å². The quantitative estimate of drug-likeness (QED) is 0.365. The Hall–Kier alpha value is -2.70. The molecule has 2 aliphatic heterocycles. The van der Waals surface area contributed by atoms with Crippen molar-refractivity contribution in [3.63, 3.8) is 0 Å². The van der Waals surface area contributed by atoms with Crippen molar-refractivity contribution >= 4 is 34.2 Å². The van der Waals surface area contributed by atoms with Crippen molar-refractivity contribution in [3.8, 4) is 16.2 Å². The molecule has 198 valence electrons. The van der Waals surface area contributed by atoms with E-state index < -0.39 is 0 Å². The van der Waals surface area contributed by atoms with Gasteiger partial charge in [0.05, 0.1) is 12.2 Å². The summed E-state index contributed by atoms with van der Waals surface area (Å²) in [7, 11) is 0. The van der Waals surface area contributed by atoms with Gasteiger partial charge in [-0.1, -0.05) is 53.2 Å². The van der Waals surface area contributed by atoms with E-state index in [2.05, 4.69) is 22.5 Å². The molecule has 4 N–H and O–H groups in total. The van der Waals surface area contributed by atoms with Gasteiger partial charge in [0.1, 0.15) is 5.75 Å². The standard InChI is InChI=1S/C19H20N2O2S.C5H7N.3C2H6/c1-10(2)17-11-7-12(14(22)8-13(11)21-18(17)23)15-3-4-16(24-15)19(9-20)5-6-19;1-5-3-2-4-6-5;3*1-2/h3-4,7-8,22H,5-6,9,20H2,1-2H3,(H,21,23);2-3H,4H2,1H3;3*1-2H3. The molecule has 6 heteroatoms. The number of carbonyl (C=O) groups excluding carboxylic acids is 1. The van der Waals surface area contributed by atoms with Crippen LogP contribution in [0.15, 0.2) is 47.0 Å². The zero-order valence-corrected chi connectivity index (χ0v) is 24.4. The van der Waals surface area contributed by atoms with Crippen molar-refractivity contribution in [2.45, 2.75) is 80.6 Å². The van der Waals surface area contributed by atoms with Crippen LogP contribution in [0.2, 0.25) is 0 Å². The summed E-state index contributed by atoms with van der Waals surface area (Å²) in [6.45, 7) is 19.4. The lowest BCUT2D eigenvalue weighted by atomic mass is 9.99. The van der Waals surface area contributed by atoms with Crippen LogP contribution in [0.1, 0.15) is 85.6 Å². The Balaban J connectivity index is 0.000000457. The zero-order valence-electron chi connectivity index (χ0n) is 23.6. The van der Waals surface area contributed by atoms with Gasteiger partial charge in [-0.05, 0) is 57.9 Å². The fourth-order valence-corrected chi connectivity index (χ4v) is 5.13. The Morgan fingerprint density at radius 3 is 2.17 bits per heavy atom. The van der Waals surface area contributed by atoms with Crippen LogP contribution in [-0.4, -0.2) is 29.8 Å². The highest BCUT2D eigenvalue weighted by atomic mass is 32.1. The molecule has 36 heavy (non-hydrogen) atoms. The van der Waals surface area contributed by atoms with Gasteiger partial charge in [-0.15, -0.1) is 11.3 Å². The van der Waals surface area contributed by atoms with Crippen LogP contribution in [0.5, 0.6) is 5.75 Å². The molecule has 0 spiro atoms. The third kappa shape index (κ3) is 7.17. The molecule has 1 aliphatic carbocycles. The second kappa shape index (κ2) is 14.8. The summed E-state index contributed by atoms with van der Waals surface area (Å²) in [5.74, 6) is 0.0866. The first-order valence-electron chi connectivity index (χ1n) is 13.2. The Bertz CT molecular complexity index is 1100. The average molecular weight is 512 g/mol. The van der Waals surface area contributed by atoms with Gasteiger partial charge in [0.15, 0.2) is 0 Å². The van der Waals surface area contributed by atoms with Crippen LogP contribution in [0, 0.1) is 0 Å². The number of aromatic hydroxyl groups is 1. The largest absolute Gasteiger partial charge is 0.507 e. The van der Waals surface area contributed by atoms with E-state index in [0.29, 0.717) is 17.8 Å². The first-order valence-corrected chi connectivity index (χ1v) is 14.0. The summed E-state index contributed by atoms with van der Waals surface area (Å²) >= 11 is 1.69. The maximum absolute atomic E-state index is 12.2. The normalized spacial score (nSPS) is 15.3. The number of carbonyl (C=O) groups is 1. The van der Waals surface area contributed by atoms with Crippen LogP contribution >= 0.6 is 11.3 Å².